The Balaban J connectivity index is 2.50. The number of rotatable bonds is 6. The van der Waals surface area contributed by atoms with Crippen molar-refractivity contribution in [3.8, 4) is 0 Å². The van der Waals surface area contributed by atoms with Crippen molar-refractivity contribution in [2.45, 2.75) is 52.5 Å². The third-order valence-corrected chi connectivity index (χ3v) is 2.86. The van der Waals surface area contributed by atoms with Crippen molar-refractivity contribution in [3.05, 3.63) is 11.8 Å². The smallest absolute Gasteiger partial charge is 0.148 e. The zero-order valence-electron chi connectivity index (χ0n) is 10.4. The Labute approximate surface area is 92.9 Å². The second-order valence-electron chi connectivity index (χ2n) is 4.19. The third kappa shape index (κ3) is 3.57. The molecule has 1 N–H and O–H groups in total. The molecule has 3 heteroatoms. The Kier molecular flexibility index (Phi) is 4.66. The Morgan fingerprint density at radius 1 is 1.47 bits per heavy atom. The van der Waals surface area contributed by atoms with E-state index in [2.05, 4.69) is 37.3 Å². The molecule has 1 aromatic rings. The molecule has 3 nitrogen and oxygen atoms in total. The Morgan fingerprint density at radius 2 is 2.20 bits per heavy atom. The molecule has 0 aliphatic carbocycles. The van der Waals surface area contributed by atoms with Crippen LogP contribution in [-0.2, 0) is 7.05 Å². The largest absolute Gasteiger partial charge is 0.366 e. The Bertz CT molecular complexity index is 272. The summed E-state index contributed by atoms with van der Waals surface area (Å²) >= 11 is 0. The van der Waals surface area contributed by atoms with Crippen LogP contribution in [0.15, 0.2) is 6.07 Å². The van der Waals surface area contributed by atoms with Crippen LogP contribution in [0.3, 0.4) is 0 Å². The van der Waals surface area contributed by atoms with E-state index in [1.54, 1.807) is 0 Å². The van der Waals surface area contributed by atoms with Gasteiger partial charge in [0.25, 0.3) is 0 Å². The molecule has 1 unspecified atom stereocenters. The summed E-state index contributed by atoms with van der Waals surface area (Å²) in [5.74, 6) is 1.01. The average molecular weight is 209 g/mol. The second kappa shape index (κ2) is 5.79. The monoisotopic (exact) mass is 209 g/mol. The summed E-state index contributed by atoms with van der Waals surface area (Å²) in [6, 6.07) is 2.67. The van der Waals surface area contributed by atoms with Gasteiger partial charge in [0, 0.05) is 24.8 Å². The summed E-state index contributed by atoms with van der Waals surface area (Å²) in [4.78, 5) is 0. The number of unbranched alkanes of at least 4 members (excludes halogenated alkanes) is 1. The van der Waals surface area contributed by atoms with E-state index in [4.69, 9.17) is 0 Å². The molecule has 0 saturated heterocycles. The van der Waals surface area contributed by atoms with Gasteiger partial charge >= 0.3 is 0 Å². The maximum Gasteiger partial charge on any atom is 0.148 e. The molecule has 1 rings (SSSR count). The van der Waals surface area contributed by atoms with Crippen molar-refractivity contribution < 1.29 is 0 Å². The van der Waals surface area contributed by atoms with Gasteiger partial charge in [-0.25, -0.2) is 0 Å². The summed E-state index contributed by atoms with van der Waals surface area (Å²) in [6.45, 7) is 6.53. The highest BCUT2D eigenvalue weighted by molar-refractivity contribution is 5.36. The van der Waals surface area contributed by atoms with Crippen LogP contribution in [0, 0.1) is 6.92 Å². The summed E-state index contributed by atoms with van der Waals surface area (Å²) in [5, 5.41) is 7.90. The molecule has 0 amide bonds. The van der Waals surface area contributed by atoms with Gasteiger partial charge in [0.1, 0.15) is 5.82 Å². The molecule has 1 aromatic heterocycles. The first kappa shape index (κ1) is 12.1. The van der Waals surface area contributed by atoms with Gasteiger partial charge in [-0.15, -0.1) is 0 Å². The van der Waals surface area contributed by atoms with Crippen LogP contribution in [0.2, 0.25) is 0 Å². The molecule has 0 spiro atoms. The maximum atomic E-state index is 4.41. The second-order valence-corrected chi connectivity index (χ2v) is 4.19. The number of hydrogen-bond donors (Lipinski definition) is 1. The van der Waals surface area contributed by atoms with Crippen LogP contribution >= 0.6 is 0 Å². The van der Waals surface area contributed by atoms with Gasteiger partial charge in [-0.05, 0) is 19.8 Å². The minimum absolute atomic E-state index is 0.569. The normalized spacial score (nSPS) is 12.8. The number of anilines is 1. The summed E-state index contributed by atoms with van der Waals surface area (Å²) < 4.78 is 1.91. The van der Waals surface area contributed by atoms with E-state index < -0.39 is 0 Å². The van der Waals surface area contributed by atoms with Crippen LogP contribution in [-0.4, -0.2) is 15.8 Å². The van der Waals surface area contributed by atoms with Crippen molar-refractivity contribution in [3.63, 3.8) is 0 Å². The first-order valence-electron chi connectivity index (χ1n) is 5.94. The predicted octanol–water partition coefficient (Wildman–Crippen LogP) is 3.11. The van der Waals surface area contributed by atoms with Gasteiger partial charge in [0.2, 0.25) is 0 Å². The standard InChI is InChI=1S/C12H23N3/c1-5-7-8-11(6-2)13-12-9-10(3)15(4)14-12/h9,11H,5-8H2,1-4H3,(H,13,14). The van der Waals surface area contributed by atoms with Gasteiger partial charge in [-0.3, -0.25) is 4.68 Å². The fraction of sp³-hybridized carbons (Fsp3) is 0.750. The number of nitrogens with one attached hydrogen (secondary N) is 1. The molecule has 1 atom stereocenters. The summed E-state index contributed by atoms with van der Waals surface area (Å²) in [6.07, 6.45) is 4.95. The number of aromatic nitrogens is 2. The Morgan fingerprint density at radius 3 is 2.67 bits per heavy atom. The van der Waals surface area contributed by atoms with E-state index in [-0.39, 0.29) is 0 Å². The minimum atomic E-state index is 0.569. The molecule has 0 saturated carbocycles. The molecule has 0 aromatic carbocycles. The van der Waals surface area contributed by atoms with Gasteiger partial charge in [-0.1, -0.05) is 26.7 Å². The SMILES string of the molecule is CCCCC(CC)Nc1cc(C)n(C)n1. The van der Waals surface area contributed by atoms with Crippen LogP contribution < -0.4 is 5.32 Å². The number of nitrogens with zero attached hydrogens (tertiary/aromatic N) is 2. The number of aryl methyl sites for hydroxylation is 2. The number of hydrogen-bond acceptors (Lipinski definition) is 2. The molecular weight excluding hydrogens is 186 g/mol. The van der Waals surface area contributed by atoms with E-state index in [1.165, 1.54) is 25.0 Å². The van der Waals surface area contributed by atoms with Crippen LogP contribution in [0.5, 0.6) is 0 Å². The molecule has 86 valence electrons. The molecule has 15 heavy (non-hydrogen) atoms. The van der Waals surface area contributed by atoms with E-state index in [0.29, 0.717) is 6.04 Å². The van der Waals surface area contributed by atoms with Gasteiger partial charge in [0.05, 0.1) is 0 Å². The fourth-order valence-corrected chi connectivity index (χ4v) is 1.67. The van der Waals surface area contributed by atoms with E-state index in [1.807, 2.05) is 11.7 Å². The zero-order valence-corrected chi connectivity index (χ0v) is 10.4. The fourth-order valence-electron chi connectivity index (χ4n) is 1.67. The maximum absolute atomic E-state index is 4.41. The molecule has 0 bridgehead atoms. The van der Waals surface area contributed by atoms with Gasteiger partial charge < -0.3 is 5.32 Å². The van der Waals surface area contributed by atoms with Crippen molar-refractivity contribution in [2.75, 3.05) is 5.32 Å². The minimum Gasteiger partial charge on any atom is -0.366 e. The van der Waals surface area contributed by atoms with Gasteiger partial charge in [0.15, 0.2) is 0 Å². The molecular formula is C12H23N3. The predicted molar refractivity (Wildman–Crippen MR) is 65.2 cm³/mol. The van der Waals surface area contributed by atoms with Crippen molar-refractivity contribution in [1.82, 2.24) is 9.78 Å². The lowest BCUT2D eigenvalue weighted by molar-refractivity contribution is 0.589. The summed E-state index contributed by atoms with van der Waals surface area (Å²) in [5.41, 5.74) is 1.20. The topological polar surface area (TPSA) is 29.9 Å². The zero-order chi connectivity index (χ0) is 11.3. The quantitative estimate of drug-likeness (QED) is 0.780. The highest BCUT2D eigenvalue weighted by Gasteiger charge is 2.07. The van der Waals surface area contributed by atoms with Crippen LogP contribution in [0.4, 0.5) is 5.82 Å². The summed E-state index contributed by atoms with van der Waals surface area (Å²) in [7, 11) is 1.98. The van der Waals surface area contributed by atoms with E-state index in [9.17, 15) is 0 Å². The average Bonchev–Trinajstić information content (AvgIpc) is 2.53. The lowest BCUT2D eigenvalue weighted by Gasteiger charge is -2.15. The highest BCUT2D eigenvalue weighted by Crippen LogP contribution is 2.13. The van der Waals surface area contributed by atoms with Crippen molar-refractivity contribution >= 4 is 5.82 Å². The van der Waals surface area contributed by atoms with Crippen LogP contribution in [0.1, 0.15) is 45.2 Å². The lowest BCUT2D eigenvalue weighted by Crippen LogP contribution is -2.18. The van der Waals surface area contributed by atoms with E-state index in [0.717, 1.165) is 12.2 Å². The lowest BCUT2D eigenvalue weighted by atomic mass is 10.1. The first-order valence-corrected chi connectivity index (χ1v) is 5.94. The molecule has 0 aliphatic heterocycles. The van der Waals surface area contributed by atoms with Gasteiger partial charge in [-0.2, -0.15) is 5.10 Å². The molecule has 1 heterocycles. The highest BCUT2D eigenvalue weighted by atomic mass is 15.3. The molecule has 0 radical (unpaired) electrons. The molecule has 0 fully saturated rings. The van der Waals surface area contributed by atoms with Crippen molar-refractivity contribution in [2.24, 2.45) is 7.05 Å². The first-order chi connectivity index (χ1) is 7.17. The Hall–Kier alpha value is -0.990. The third-order valence-electron chi connectivity index (χ3n) is 2.86. The van der Waals surface area contributed by atoms with Crippen LogP contribution in [0.25, 0.3) is 0 Å². The molecule has 0 aliphatic rings. The van der Waals surface area contributed by atoms with E-state index >= 15 is 0 Å². The van der Waals surface area contributed by atoms with Crippen molar-refractivity contribution in [1.29, 1.82) is 0 Å².